The summed E-state index contributed by atoms with van der Waals surface area (Å²) >= 11 is 0. The zero-order chi connectivity index (χ0) is 14.8. The van der Waals surface area contributed by atoms with Gasteiger partial charge in [0.1, 0.15) is 0 Å². The summed E-state index contributed by atoms with van der Waals surface area (Å²) in [6.07, 6.45) is 2.51. The lowest BCUT2D eigenvalue weighted by atomic mass is 10.2. The van der Waals surface area contributed by atoms with Crippen molar-refractivity contribution in [3.63, 3.8) is 0 Å². The van der Waals surface area contributed by atoms with Gasteiger partial charge in [-0.05, 0) is 34.0 Å². The molecule has 0 aliphatic rings. The highest BCUT2D eigenvalue weighted by Crippen LogP contribution is 1.92. The van der Waals surface area contributed by atoms with E-state index in [4.69, 9.17) is 0 Å². The SMILES string of the molecule is CC.CCC.CCCN(C)C.Cc1ccccc1. The van der Waals surface area contributed by atoms with Gasteiger partial charge in [0.05, 0.1) is 0 Å². The molecule has 0 aromatic heterocycles. The summed E-state index contributed by atoms with van der Waals surface area (Å²) in [4.78, 5) is 2.18. The van der Waals surface area contributed by atoms with Crippen LogP contribution in [0.2, 0.25) is 0 Å². The normalized spacial score (nSPS) is 8.06. The predicted molar refractivity (Wildman–Crippen MR) is 87.3 cm³/mol. The Morgan fingerprint density at radius 2 is 1.28 bits per heavy atom. The maximum absolute atomic E-state index is 2.18. The topological polar surface area (TPSA) is 3.24 Å². The molecule has 108 valence electrons. The van der Waals surface area contributed by atoms with E-state index in [1.807, 2.05) is 32.0 Å². The molecule has 1 nitrogen and oxygen atoms in total. The number of hydrogen-bond donors (Lipinski definition) is 0. The molecule has 0 saturated heterocycles. The summed E-state index contributed by atoms with van der Waals surface area (Å²) in [6, 6.07) is 10.3. The quantitative estimate of drug-likeness (QED) is 0.682. The van der Waals surface area contributed by atoms with Crippen molar-refractivity contribution in [3.8, 4) is 0 Å². The highest BCUT2D eigenvalue weighted by atomic mass is 15.0. The summed E-state index contributed by atoms with van der Waals surface area (Å²) in [5.41, 5.74) is 1.32. The molecular formula is C17H35N. The van der Waals surface area contributed by atoms with Crippen molar-refractivity contribution in [2.24, 2.45) is 0 Å². The zero-order valence-electron chi connectivity index (χ0n) is 14.0. The van der Waals surface area contributed by atoms with Gasteiger partial charge in [-0.2, -0.15) is 0 Å². The number of aryl methyl sites for hydroxylation is 1. The minimum absolute atomic E-state index is 1.21. The van der Waals surface area contributed by atoms with E-state index in [2.05, 4.69) is 58.8 Å². The van der Waals surface area contributed by atoms with Crippen LogP contribution in [0.25, 0.3) is 0 Å². The number of rotatable bonds is 2. The first-order valence-electron chi connectivity index (χ1n) is 7.24. The first-order valence-corrected chi connectivity index (χ1v) is 7.24. The molecule has 0 radical (unpaired) electrons. The van der Waals surface area contributed by atoms with Gasteiger partial charge in [0.2, 0.25) is 0 Å². The summed E-state index contributed by atoms with van der Waals surface area (Å²) in [5, 5.41) is 0. The van der Waals surface area contributed by atoms with Crippen LogP contribution in [-0.2, 0) is 0 Å². The highest BCUT2D eigenvalue weighted by molar-refractivity contribution is 5.11. The van der Waals surface area contributed by atoms with Crippen LogP contribution < -0.4 is 0 Å². The summed E-state index contributed by atoms with van der Waals surface area (Å²) in [6.45, 7) is 13.7. The van der Waals surface area contributed by atoms with E-state index in [-0.39, 0.29) is 0 Å². The molecular weight excluding hydrogens is 218 g/mol. The van der Waals surface area contributed by atoms with Gasteiger partial charge < -0.3 is 4.90 Å². The van der Waals surface area contributed by atoms with Crippen molar-refractivity contribution in [2.45, 2.75) is 54.4 Å². The molecule has 0 aliphatic carbocycles. The first-order chi connectivity index (χ1) is 8.58. The molecule has 0 aliphatic heterocycles. The van der Waals surface area contributed by atoms with Crippen LogP contribution >= 0.6 is 0 Å². The molecule has 0 bridgehead atoms. The van der Waals surface area contributed by atoms with Crippen LogP contribution in [0.3, 0.4) is 0 Å². The summed E-state index contributed by atoms with van der Waals surface area (Å²) in [7, 11) is 4.17. The monoisotopic (exact) mass is 253 g/mol. The summed E-state index contributed by atoms with van der Waals surface area (Å²) < 4.78 is 0. The number of hydrogen-bond acceptors (Lipinski definition) is 1. The van der Waals surface area contributed by atoms with Crippen LogP contribution in [-0.4, -0.2) is 25.5 Å². The van der Waals surface area contributed by atoms with Gasteiger partial charge in [-0.25, -0.2) is 0 Å². The van der Waals surface area contributed by atoms with Crippen LogP contribution in [0.4, 0.5) is 0 Å². The Morgan fingerprint density at radius 1 is 0.889 bits per heavy atom. The van der Waals surface area contributed by atoms with E-state index < -0.39 is 0 Å². The second-order valence-corrected chi connectivity index (χ2v) is 4.17. The van der Waals surface area contributed by atoms with Gasteiger partial charge in [0.25, 0.3) is 0 Å². The molecule has 0 fully saturated rings. The Balaban J connectivity index is -0.000000187. The fraction of sp³-hybridized carbons (Fsp3) is 0.647. The Labute approximate surface area is 116 Å². The van der Waals surface area contributed by atoms with E-state index in [1.54, 1.807) is 0 Å². The van der Waals surface area contributed by atoms with Gasteiger partial charge >= 0.3 is 0 Å². The van der Waals surface area contributed by atoms with Gasteiger partial charge in [-0.3, -0.25) is 0 Å². The molecule has 0 N–H and O–H groups in total. The molecule has 0 saturated carbocycles. The maximum atomic E-state index is 2.18. The van der Waals surface area contributed by atoms with Gasteiger partial charge in [0.15, 0.2) is 0 Å². The Morgan fingerprint density at radius 3 is 1.39 bits per heavy atom. The van der Waals surface area contributed by atoms with Crippen molar-refractivity contribution in [3.05, 3.63) is 35.9 Å². The van der Waals surface area contributed by atoms with Crippen molar-refractivity contribution >= 4 is 0 Å². The van der Waals surface area contributed by atoms with Crippen molar-refractivity contribution in [1.82, 2.24) is 4.90 Å². The molecule has 0 amide bonds. The van der Waals surface area contributed by atoms with E-state index in [9.17, 15) is 0 Å². The van der Waals surface area contributed by atoms with Crippen LogP contribution in [0.1, 0.15) is 53.0 Å². The molecule has 18 heavy (non-hydrogen) atoms. The lowest BCUT2D eigenvalue weighted by Gasteiger charge is -2.03. The van der Waals surface area contributed by atoms with Crippen molar-refractivity contribution < 1.29 is 0 Å². The number of nitrogens with zero attached hydrogens (tertiary/aromatic N) is 1. The van der Waals surface area contributed by atoms with Crippen LogP contribution in [0.5, 0.6) is 0 Å². The predicted octanol–water partition coefficient (Wildman–Crippen LogP) is 5.40. The molecule has 0 unspecified atom stereocenters. The lowest BCUT2D eigenvalue weighted by molar-refractivity contribution is 0.408. The average Bonchev–Trinajstić information content (AvgIpc) is 2.34. The van der Waals surface area contributed by atoms with E-state index >= 15 is 0 Å². The Hall–Kier alpha value is -0.820. The third-order valence-electron chi connectivity index (χ3n) is 1.61. The molecule has 0 atom stereocenters. The second kappa shape index (κ2) is 21.5. The van der Waals surface area contributed by atoms with Crippen LogP contribution in [0, 0.1) is 6.92 Å². The fourth-order valence-electron chi connectivity index (χ4n) is 0.982. The maximum Gasteiger partial charge on any atom is -0.00275 e. The van der Waals surface area contributed by atoms with E-state index in [0.717, 1.165) is 0 Å². The number of benzene rings is 1. The average molecular weight is 253 g/mol. The van der Waals surface area contributed by atoms with Gasteiger partial charge in [-0.1, -0.05) is 76.9 Å². The minimum atomic E-state index is 1.21. The van der Waals surface area contributed by atoms with Crippen molar-refractivity contribution in [1.29, 1.82) is 0 Å². The zero-order valence-corrected chi connectivity index (χ0v) is 14.0. The fourth-order valence-corrected chi connectivity index (χ4v) is 0.982. The largest absolute Gasteiger partial charge is 0.309 e. The molecule has 1 heteroatoms. The molecule has 0 heterocycles. The standard InChI is InChI=1S/C7H8.C5H13N.C3H8.C2H6/c1-7-5-3-2-4-6-7;1-4-5-6(2)3;1-3-2;1-2/h2-6H,1H3;4-5H2,1-3H3;3H2,1-2H3;1-2H3. The smallest absolute Gasteiger partial charge is 0.00275 e. The third kappa shape index (κ3) is 29.5. The third-order valence-corrected chi connectivity index (χ3v) is 1.61. The molecule has 1 aromatic rings. The first kappa shape index (κ1) is 22.4. The lowest BCUT2D eigenvalue weighted by Crippen LogP contribution is -2.11. The van der Waals surface area contributed by atoms with Crippen molar-refractivity contribution in [2.75, 3.05) is 20.6 Å². The second-order valence-electron chi connectivity index (χ2n) is 4.17. The van der Waals surface area contributed by atoms with Gasteiger partial charge in [-0.15, -0.1) is 0 Å². The van der Waals surface area contributed by atoms with Crippen LogP contribution in [0.15, 0.2) is 30.3 Å². The van der Waals surface area contributed by atoms with E-state index in [0.29, 0.717) is 0 Å². The molecule has 0 spiro atoms. The van der Waals surface area contributed by atoms with Gasteiger partial charge in [0, 0.05) is 0 Å². The minimum Gasteiger partial charge on any atom is -0.309 e. The molecule has 1 rings (SSSR count). The highest BCUT2D eigenvalue weighted by Gasteiger charge is 1.79. The van der Waals surface area contributed by atoms with E-state index in [1.165, 1.54) is 24.9 Å². The molecule has 1 aromatic carbocycles. The Kier molecular flexibility index (Phi) is 26.7. The Bertz CT molecular complexity index is 204. The summed E-state index contributed by atoms with van der Waals surface area (Å²) in [5.74, 6) is 0.